The summed E-state index contributed by atoms with van der Waals surface area (Å²) in [6.45, 7) is 5.49. The molecule has 1 aliphatic heterocycles. The van der Waals surface area contributed by atoms with Crippen molar-refractivity contribution in [2.24, 2.45) is 29.6 Å². The third-order valence-corrected chi connectivity index (χ3v) is 12.4. The van der Waals surface area contributed by atoms with E-state index in [2.05, 4.69) is 10.6 Å². The average molecular weight is 754 g/mol. The summed E-state index contributed by atoms with van der Waals surface area (Å²) in [6.07, 6.45) is 12.1. The highest BCUT2D eigenvalue weighted by Crippen LogP contribution is 2.42. The van der Waals surface area contributed by atoms with Gasteiger partial charge >= 0.3 is 12.1 Å². The second-order valence-corrected chi connectivity index (χ2v) is 17.2. The van der Waals surface area contributed by atoms with Gasteiger partial charge in [0.25, 0.3) is 0 Å². The van der Waals surface area contributed by atoms with E-state index in [1.807, 2.05) is 0 Å². The Morgan fingerprint density at radius 1 is 0.926 bits per heavy atom. The smallest absolute Gasteiger partial charge is 0.407 e. The molecule has 1 aromatic carbocycles. The first-order valence-electron chi connectivity index (χ1n) is 20.3. The van der Waals surface area contributed by atoms with Crippen LogP contribution in [0.25, 0.3) is 11.0 Å². The number of likely N-dealkylation sites (tertiary alicyclic amines) is 1. The lowest BCUT2D eigenvalue weighted by atomic mass is 9.75. The van der Waals surface area contributed by atoms with Crippen molar-refractivity contribution in [3.8, 4) is 0 Å². The third kappa shape index (κ3) is 9.95. The number of nitrogens with one attached hydrogen (secondary N) is 2. The number of furan rings is 1. The van der Waals surface area contributed by atoms with Crippen molar-refractivity contribution in [1.29, 1.82) is 0 Å². The SMILES string of the molecule is COC1CCC([C@@H]2CCN(C(=O)C3CCC([C@@H](CF)NC(=O)OC(C)(C)C)CC3)[C@@H]2C(=O)Nc2ccc3oc(C(=O)OCC4CCCCC4)cc3c2)CC1. The summed E-state index contributed by atoms with van der Waals surface area (Å²) in [5.41, 5.74) is 0.398. The largest absolute Gasteiger partial charge is 0.460 e. The molecule has 3 amide bonds. The number of rotatable bonds is 11. The number of carbonyl (C=O) groups excluding carboxylic acids is 4. The van der Waals surface area contributed by atoms with Crippen molar-refractivity contribution in [3.63, 3.8) is 0 Å². The Morgan fingerprint density at radius 2 is 1.65 bits per heavy atom. The number of hydrogen-bond donors (Lipinski definition) is 2. The fraction of sp³-hybridized carbons (Fsp3) is 0.714. The summed E-state index contributed by atoms with van der Waals surface area (Å²) in [4.78, 5) is 55.6. The molecule has 4 aliphatic rings. The Labute approximate surface area is 318 Å². The molecule has 11 nitrogen and oxygen atoms in total. The zero-order valence-electron chi connectivity index (χ0n) is 32.5. The summed E-state index contributed by atoms with van der Waals surface area (Å²) in [5, 5.41) is 6.49. The first-order valence-corrected chi connectivity index (χ1v) is 20.3. The predicted octanol–water partition coefficient (Wildman–Crippen LogP) is 8.20. The van der Waals surface area contributed by atoms with Crippen LogP contribution in [0.1, 0.15) is 121 Å². The molecule has 0 bridgehead atoms. The van der Waals surface area contributed by atoms with Crippen LogP contribution in [0.4, 0.5) is 14.9 Å². The van der Waals surface area contributed by atoms with Crippen LogP contribution in [0.15, 0.2) is 28.7 Å². The molecule has 0 radical (unpaired) electrons. The summed E-state index contributed by atoms with van der Waals surface area (Å²) < 4.78 is 36.5. The van der Waals surface area contributed by atoms with Gasteiger partial charge in [-0.15, -0.1) is 0 Å². The van der Waals surface area contributed by atoms with Crippen LogP contribution in [0.5, 0.6) is 0 Å². The third-order valence-electron chi connectivity index (χ3n) is 12.4. The van der Waals surface area contributed by atoms with Gasteiger partial charge in [-0.1, -0.05) is 19.3 Å². The molecule has 3 aliphatic carbocycles. The molecule has 12 heteroatoms. The summed E-state index contributed by atoms with van der Waals surface area (Å²) >= 11 is 0. The van der Waals surface area contributed by atoms with Gasteiger partial charge in [0.1, 0.15) is 23.9 Å². The standard InChI is InChI=1S/C42H60FN3O8/c1-42(2,3)54-41(50)45-34(24-43)28-10-12-29(13-11-28)39(48)46-21-20-33(27-14-17-32(51-4)18-15-27)37(46)38(47)44-31-16-19-35-30(22-31)23-36(53-35)40(49)52-25-26-8-6-5-7-9-26/h16,19,22-23,26-29,32-34,37H,5-15,17-18,20-21,24-25H2,1-4H3,(H,44,47)(H,45,50)/t27?,28?,29?,32?,33-,34+,37-/m0/s1. The highest BCUT2D eigenvalue weighted by Gasteiger charge is 2.47. The molecule has 4 fully saturated rings. The molecular weight excluding hydrogens is 693 g/mol. The number of nitrogens with zero attached hydrogens (tertiary/aromatic N) is 1. The molecule has 0 unspecified atom stereocenters. The minimum atomic E-state index is -0.708. The number of esters is 1. The van der Waals surface area contributed by atoms with E-state index in [-0.39, 0.29) is 41.4 Å². The fourth-order valence-electron chi connectivity index (χ4n) is 9.45. The zero-order valence-corrected chi connectivity index (χ0v) is 32.5. The van der Waals surface area contributed by atoms with E-state index >= 15 is 0 Å². The van der Waals surface area contributed by atoms with Crippen LogP contribution in [-0.4, -0.2) is 79.5 Å². The molecule has 3 atom stereocenters. The number of alkyl carbamates (subject to hydrolysis) is 1. The lowest BCUT2D eigenvalue weighted by molar-refractivity contribution is -0.142. The molecule has 2 heterocycles. The van der Waals surface area contributed by atoms with E-state index in [9.17, 15) is 23.6 Å². The summed E-state index contributed by atoms with van der Waals surface area (Å²) in [7, 11) is 1.75. The molecule has 54 heavy (non-hydrogen) atoms. The predicted molar refractivity (Wildman–Crippen MR) is 203 cm³/mol. The molecule has 2 aromatic rings. The monoisotopic (exact) mass is 753 g/mol. The Hall–Kier alpha value is -3.67. The molecule has 3 saturated carbocycles. The minimum Gasteiger partial charge on any atom is -0.460 e. The Bertz CT molecular complexity index is 1600. The van der Waals surface area contributed by atoms with Gasteiger partial charge in [-0.05, 0) is 139 Å². The van der Waals surface area contributed by atoms with E-state index in [1.165, 1.54) is 19.3 Å². The van der Waals surface area contributed by atoms with Crippen LogP contribution >= 0.6 is 0 Å². The maximum absolute atomic E-state index is 14.3. The molecule has 0 spiro atoms. The van der Waals surface area contributed by atoms with Gasteiger partial charge in [-0.25, -0.2) is 14.0 Å². The van der Waals surface area contributed by atoms with E-state index in [0.717, 1.165) is 44.9 Å². The number of halogens is 1. The van der Waals surface area contributed by atoms with E-state index in [1.54, 1.807) is 57.0 Å². The Kier molecular flexibility index (Phi) is 13.2. The van der Waals surface area contributed by atoms with Crippen LogP contribution in [0, 0.1) is 29.6 Å². The van der Waals surface area contributed by atoms with Crippen molar-refractivity contribution in [2.45, 2.75) is 134 Å². The second kappa shape index (κ2) is 17.9. The highest BCUT2D eigenvalue weighted by atomic mass is 19.1. The normalized spacial score (nSPS) is 27.3. The first-order chi connectivity index (χ1) is 25.9. The van der Waals surface area contributed by atoms with Gasteiger partial charge in [0.2, 0.25) is 17.6 Å². The first kappa shape index (κ1) is 40.0. The van der Waals surface area contributed by atoms with Crippen molar-refractivity contribution >= 4 is 40.5 Å². The van der Waals surface area contributed by atoms with Crippen LogP contribution in [0.2, 0.25) is 0 Å². The summed E-state index contributed by atoms with van der Waals surface area (Å²) in [6, 6.07) is 5.64. The van der Waals surface area contributed by atoms with Gasteiger partial charge in [0.05, 0.1) is 18.8 Å². The van der Waals surface area contributed by atoms with Gasteiger partial charge in [0, 0.05) is 30.6 Å². The lowest BCUT2D eigenvalue weighted by Gasteiger charge is -2.38. The molecule has 1 aromatic heterocycles. The number of benzene rings is 1. The quantitative estimate of drug-likeness (QED) is 0.219. The number of carbonyl (C=O) groups is 4. The number of hydrogen-bond acceptors (Lipinski definition) is 8. The van der Waals surface area contributed by atoms with Crippen molar-refractivity contribution in [3.05, 3.63) is 30.0 Å². The van der Waals surface area contributed by atoms with Crippen LogP contribution < -0.4 is 10.6 Å². The number of anilines is 1. The summed E-state index contributed by atoms with van der Waals surface area (Å²) in [5.74, 6) is -0.276. The molecule has 298 valence electrons. The number of alkyl halides is 1. The van der Waals surface area contributed by atoms with Gasteiger partial charge in [0.15, 0.2) is 0 Å². The van der Waals surface area contributed by atoms with Crippen molar-refractivity contribution in [2.75, 3.05) is 32.3 Å². The average Bonchev–Trinajstić information content (AvgIpc) is 3.81. The number of fused-ring (bicyclic) bond motifs is 1. The molecule has 1 saturated heterocycles. The Morgan fingerprint density at radius 3 is 2.31 bits per heavy atom. The number of methoxy groups -OCH3 is 1. The van der Waals surface area contributed by atoms with Gasteiger partial charge in [-0.3, -0.25) is 9.59 Å². The van der Waals surface area contributed by atoms with Crippen molar-refractivity contribution < 1.29 is 42.2 Å². The number of amides is 3. The van der Waals surface area contributed by atoms with Crippen LogP contribution in [0.3, 0.4) is 0 Å². The maximum Gasteiger partial charge on any atom is 0.407 e. The topological polar surface area (TPSA) is 136 Å². The Balaban J connectivity index is 1.12. The fourth-order valence-corrected chi connectivity index (χ4v) is 9.45. The molecule has 2 N–H and O–H groups in total. The van der Waals surface area contributed by atoms with Crippen LogP contribution in [-0.2, 0) is 23.8 Å². The van der Waals surface area contributed by atoms with Gasteiger partial charge < -0.3 is 34.2 Å². The van der Waals surface area contributed by atoms with Gasteiger partial charge in [-0.2, -0.15) is 0 Å². The second-order valence-electron chi connectivity index (χ2n) is 17.2. The van der Waals surface area contributed by atoms with E-state index in [4.69, 9.17) is 18.6 Å². The maximum atomic E-state index is 14.3. The molecular formula is C42H60FN3O8. The lowest BCUT2D eigenvalue weighted by Crippen LogP contribution is -2.50. The zero-order chi connectivity index (χ0) is 38.4. The van der Waals surface area contributed by atoms with E-state index < -0.39 is 36.4 Å². The minimum absolute atomic E-state index is 0.0141. The van der Waals surface area contributed by atoms with E-state index in [0.29, 0.717) is 67.3 Å². The number of ether oxygens (including phenoxy) is 3. The highest BCUT2D eigenvalue weighted by molar-refractivity contribution is 6.00. The molecule has 6 rings (SSSR count). The van der Waals surface area contributed by atoms with Crippen molar-refractivity contribution in [1.82, 2.24) is 10.2 Å².